The van der Waals surface area contributed by atoms with Gasteiger partial charge in [-0.25, -0.2) is 4.79 Å². The summed E-state index contributed by atoms with van der Waals surface area (Å²) in [6.07, 6.45) is 2.24. The molecule has 8 nitrogen and oxygen atoms in total. The van der Waals surface area contributed by atoms with E-state index >= 15 is 0 Å². The summed E-state index contributed by atoms with van der Waals surface area (Å²) in [5, 5.41) is 12.1. The SMILES string of the molecule is CCOC(=O)NC(=O)C1CCSC1NC(=O)C1SC(C2CCCNC2)NC1C. The van der Waals surface area contributed by atoms with Crippen LogP contribution in [0.15, 0.2) is 0 Å². The zero-order valence-electron chi connectivity index (χ0n) is 16.4. The van der Waals surface area contributed by atoms with E-state index in [0.29, 0.717) is 12.3 Å². The van der Waals surface area contributed by atoms with Crippen molar-refractivity contribution in [2.24, 2.45) is 11.8 Å². The van der Waals surface area contributed by atoms with Crippen molar-refractivity contribution < 1.29 is 19.1 Å². The largest absolute Gasteiger partial charge is 0.450 e. The Morgan fingerprint density at radius 1 is 1.21 bits per heavy atom. The van der Waals surface area contributed by atoms with E-state index in [1.807, 2.05) is 6.92 Å². The molecule has 3 aliphatic rings. The first kappa shape index (κ1) is 21.7. The molecule has 0 aliphatic carbocycles. The van der Waals surface area contributed by atoms with E-state index in [4.69, 9.17) is 4.74 Å². The van der Waals surface area contributed by atoms with Gasteiger partial charge >= 0.3 is 6.09 Å². The second-order valence-corrected chi connectivity index (χ2v) is 9.98. The van der Waals surface area contributed by atoms with E-state index in [0.717, 1.165) is 18.8 Å². The predicted octanol–water partition coefficient (Wildman–Crippen LogP) is 0.874. The molecule has 0 aromatic rings. The van der Waals surface area contributed by atoms with Crippen LogP contribution in [-0.2, 0) is 14.3 Å². The Kier molecular flexibility index (Phi) is 7.90. The van der Waals surface area contributed by atoms with Crippen molar-refractivity contribution in [3.63, 3.8) is 0 Å². The fraction of sp³-hybridized carbons (Fsp3) is 0.833. The van der Waals surface area contributed by atoms with E-state index in [1.165, 1.54) is 12.8 Å². The lowest BCUT2D eigenvalue weighted by Gasteiger charge is -2.27. The van der Waals surface area contributed by atoms with Crippen molar-refractivity contribution in [1.82, 2.24) is 21.3 Å². The lowest BCUT2D eigenvalue weighted by molar-refractivity contribution is -0.125. The first-order valence-electron chi connectivity index (χ1n) is 10.0. The van der Waals surface area contributed by atoms with Crippen LogP contribution in [0.5, 0.6) is 0 Å². The number of hydrogen-bond acceptors (Lipinski definition) is 8. The Morgan fingerprint density at radius 2 is 2.04 bits per heavy atom. The lowest BCUT2D eigenvalue weighted by atomic mass is 9.99. The first-order valence-corrected chi connectivity index (χ1v) is 12.0. The third-order valence-electron chi connectivity index (χ3n) is 5.41. The molecule has 0 spiro atoms. The van der Waals surface area contributed by atoms with E-state index in [1.54, 1.807) is 30.4 Å². The molecule has 4 N–H and O–H groups in total. The molecular weight excluding hydrogens is 400 g/mol. The molecule has 0 radical (unpaired) electrons. The Hall–Kier alpha value is -0.970. The minimum atomic E-state index is -0.734. The van der Waals surface area contributed by atoms with Crippen molar-refractivity contribution in [1.29, 1.82) is 0 Å². The van der Waals surface area contributed by atoms with Crippen molar-refractivity contribution >= 4 is 41.4 Å². The van der Waals surface area contributed by atoms with Crippen LogP contribution >= 0.6 is 23.5 Å². The number of carbonyl (C=O) groups is 3. The normalized spacial score (nSPS) is 35.4. The van der Waals surface area contributed by atoms with Crippen LogP contribution in [0.25, 0.3) is 0 Å². The fourth-order valence-corrected chi connectivity index (χ4v) is 6.82. The molecule has 3 heterocycles. The summed E-state index contributed by atoms with van der Waals surface area (Å²) in [5.74, 6) is 0.456. The van der Waals surface area contributed by atoms with Gasteiger partial charge in [0, 0.05) is 12.6 Å². The molecule has 3 amide bonds. The highest BCUT2D eigenvalue weighted by Gasteiger charge is 2.42. The topological polar surface area (TPSA) is 109 Å². The molecule has 3 saturated heterocycles. The van der Waals surface area contributed by atoms with Gasteiger partial charge in [0.05, 0.1) is 23.3 Å². The van der Waals surface area contributed by atoms with E-state index < -0.39 is 12.0 Å². The highest BCUT2D eigenvalue weighted by molar-refractivity contribution is 8.01. The van der Waals surface area contributed by atoms with Crippen molar-refractivity contribution in [2.75, 3.05) is 25.4 Å². The minimum absolute atomic E-state index is 0.0374. The third-order valence-corrected chi connectivity index (χ3v) is 8.42. The van der Waals surface area contributed by atoms with Gasteiger partial charge in [-0.1, -0.05) is 0 Å². The number of piperidine rings is 1. The Labute approximate surface area is 174 Å². The zero-order valence-corrected chi connectivity index (χ0v) is 18.0. The summed E-state index contributed by atoms with van der Waals surface area (Å²) in [6.45, 7) is 5.99. The number of alkyl carbamates (subject to hydrolysis) is 1. The van der Waals surface area contributed by atoms with Gasteiger partial charge in [-0.05, 0) is 51.3 Å². The van der Waals surface area contributed by atoms with Crippen molar-refractivity contribution in [3.05, 3.63) is 0 Å². The molecule has 3 aliphatic heterocycles. The van der Waals surface area contributed by atoms with Crippen LogP contribution in [0, 0.1) is 11.8 Å². The second-order valence-electron chi connectivity index (χ2n) is 7.44. The second kappa shape index (κ2) is 10.2. The molecule has 6 unspecified atom stereocenters. The number of imide groups is 1. The lowest BCUT2D eigenvalue weighted by Crippen LogP contribution is -2.48. The molecule has 0 saturated carbocycles. The smallest absolute Gasteiger partial charge is 0.413 e. The Morgan fingerprint density at radius 3 is 2.75 bits per heavy atom. The maximum absolute atomic E-state index is 12.9. The van der Waals surface area contributed by atoms with E-state index in [9.17, 15) is 14.4 Å². The average Bonchev–Trinajstić information content (AvgIpc) is 3.29. The van der Waals surface area contributed by atoms with Gasteiger partial charge in [-0.2, -0.15) is 0 Å². The molecule has 3 fully saturated rings. The number of nitrogens with one attached hydrogen (secondary N) is 4. The molecule has 28 heavy (non-hydrogen) atoms. The monoisotopic (exact) mass is 430 g/mol. The quantitative estimate of drug-likeness (QED) is 0.509. The molecular formula is C18H30N4O4S2. The maximum atomic E-state index is 12.9. The van der Waals surface area contributed by atoms with Crippen LogP contribution in [-0.4, -0.2) is 65.4 Å². The summed E-state index contributed by atoms with van der Waals surface area (Å²) in [7, 11) is 0. The summed E-state index contributed by atoms with van der Waals surface area (Å²) in [5.41, 5.74) is 0. The van der Waals surface area contributed by atoms with Gasteiger partial charge in [0.15, 0.2) is 0 Å². The Balaban J connectivity index is 1.53. The molecule has 10 heteroatoms. The average molecular weight is 431 g/mol. The summed E-state index contributed by atoms with van der Waals surface area (Å²) < 4.78 is 4.77. The van der Waals surface area contributed by atoms with Crippen LogP contribution in [0.3, 0.4) is 0 Å². The van der Waals surface area contributed by atoms with Gasteiger partial charge < -0.3 is 20.7 Å². The number of hydrogen-bond donors (Lipinski definition) is 4. The van der Waals surface area contributed by atoms with Crippen LogP contribution in [0.2, 0.25) is 0 Å². The molecule has 0 aromatic heterocycles. The number of carbonyl (C=O) groups excluding carboxylic acids is 3. The van der Waals surface area contributed by atoms with Gasteiger partial charge in [0.1, 0.15) is 5.25 Å². The van der Waals surface area contributed by atoms with Gasteiger partial charge in [0.25, 0.3) is 0 Å². The first-order chi connectivity index (χ1) is 13.5. The fourth-order valence-electron chi connectivity index (χ4n) is 3.92. The summed E-state index contributed by atoms with van der Waals surface area (Å²) >= 11 is 3.25. The van der Waals surface area contributed by atoms with Gasteiger partial charge in [0.2, 0.25) is 11.8 Å². The minimum Gasteiger partial charge on any atom is -0.450 e. The highest BCUT2D eigenvalue weighted by Crippen LogP contribution is 2.36. The van der Waals surface area contributed by atoms with Crippen LogP contribution in [0.1, 0.15) is 33.1 Å². The zero-order chi connectivity index (χ0) is 20.1. The van der Waals surface area contributed by atoms with E-state index in [-0.39, 0.29) is 40.5 Å². The Bertz CT molecular complexity index is 588. The van der Waals surface area contributed by atoms with Gasteiger partial charge in [-0.15, -0.1) is 23.5 Å². The molecule has 158 valence electrons. The number of ether oxygens (including phenoxy) is 1. The van der Waals surface area contributed by atoms with Crippen molar-refractivity contribution in [3.8, 4) is 0 Å². The molecule has 0 bridgehead atoms. The molecule has 6 atom stereocenters. The van der Waals surface area contributed by atoms with Crippen LogP contribution in [0.4, 0.5) is 4.79 Å². The van der Waals surface area contributed by atoms with Gasteiger partial charge in [-0.3, -0.25) is 14.9 Å². The van der Waals surface area contributed by atoms with Crippen molar-refractivity contribution in [2.45, 2.75) is 55.1 Å². The molecule has 0 aromatic carbocycles. The van der Waals surface area contributed by atoms with E-state index in [2.05, 4.69) is 21.3 Å². The molecule has 3 rings (SSSR count). The van der Waals surface area contributed by atoms with Crippen LogP contribution < -0.4 is 21.3 Å². The number of rotatable bonds is 5. The number of amides is 3. The highest BCUT2D eigenvalue weighted by atomic mass is 32.2. The number of thioether (sulfide) groups is 2. The third kappa shape index (κ3) is 5.34. The summed E-state index contributed by atoms with van der Waals surface area (Å²) in [4.78, 5) is 36.8. The summed E-state index contributed by atoms with van der Waals surface area (Å²) in [6, 6.07) is 0.0788. The maximum Gasteiger partial charge on any atom is 0.413 e. The standard InChI is InChI=1S/C18H30N4O4S2/c1-3-26-18(25)22-14(23)12-6-8-27-17(12)21-15(24)13-10(2)20-16(28-13)11-5-4-7-19-9-11/h10-13,16-17,19-20H,3-9H2,1-2H3,(H,21,24)(H,22,23,25). The predicted molar refractivity (Wildman–Crippen MR) is 111 cm³/mol.